The molecule has 3 rings (SSSR count). The van der Waals surface area contributed by atoms with Gasteiger partial charge in [0.2, 0.25) is 5.91 Å². The van der Waals surface area contributed by atoms with Crippen LogP contribution in [0.2, 0.25) is 0 Å². The SMILES string of the molecule is O=C(Cc1csc(NC(=O)c2ccccc2)n1)NCc1ccc(OC(F)(F)F)cc1. The van der Waals surface area contributed by atoms with Gasteiger partial charge < -0.3 is 10.1 Å². The van der Waals surface area contributed by atoms with Gasteiger partial charge in [-0.25, -0.2) is 4.98 Å². The standard InChI is InChI=1S/C20H16F3N3O3S/c21-20(22,23)29-16-8-6-13(7-9-16)11-24-17(27)10-15-12-30-19(25-15)26-18(28)14-4-2-1-3-5-14/h1-9,12H,10-11H2,(H,24,27)(H,25,26,28). The van der Waals surface area contributed by atoms with Gasteiger partial charge in [-0.3, -0.25) is 14.9 Å². The maximum Gasteiger partial charge on any atom is 0.573 e. The Bertz CT molecular complexity index is 1010. The molecule has 0 bridgehead atoms. The summed E-state index contributed by atoms with van der Waals surface area (Å²) in [6.07, 6.45) is -4.74. The van der Waals surface area contributed by atoms with Crippen LogP contribution in [0.4, 0.5) is 18.3 Å². The summed E-state index contributed by atoms with van der Waals surface area (Å²) in [5, 5.41) is 7.39. The molecule has 0 aliphatic carbocycles. The number of hydrogen-bond acceptors (Lipinski definition) is 5. The third-order valence-electron chi connectivity index (χ3n) is 3.80. The minimum Gasteiger partial charge on any atom is -0.406 e. The third-order valence-corrected chi connectivity index (χ3v) is 4.60. The van der Waals surface area contributed by atoms with E-state index in [0.29, 0.717) is 22.0 Å². The zero-order chi connectivity index (χ0) is 21.6. The first-order chi connectivity index (χ1) is 14.3. The summed E-state index contributed by atoms with van der Waals surface area (Å²) in [5.41, 5.74) is 1.61. The van der Waals surface area contributed by atoms with Crippen molar-refractivity contribution in [2.75, 3.05) is 5.32 Å². The van der Waals surface area contributed by atoms with Gasteiger partial charge in [-0.1, -0.05) is 30.3 Å². The van der Waals surface area contributed by atoms with Crippen molar-refractivity contribution in [3.05, 3.63) is 76.8 Å². The van der Waals surface area contributed by atoms with Gasteiger partial charge in [0.1, 0.15) is 5.75 Å². The highest BCUT2D eigenvalue weighted by Crippen LogP contribution is 2.22. The molecular formula is C20H16F3N3O3S. The Kier molecular flexibility index (Phi) is 6.68. The normalized spacial score (nSPS) is 11.0. The van der Waals surface area contributed by atoms with Crippen molar-refractivity contribution in [3.63, 3.8) is 0 Å². The molecule has 30 heavy (non-hydrogen) atoms. The summed E-state index contributed by atoms with van der Waals surface area (Å²) in [6.45, 7) is 0.146. The Morgan fingerprint density at radius 2 is 1.73 bits per heavy atom. The topological polar surface area (TPSA) is 80.3 Å². The molecule has 0 aliphatic heterocycles. The van der Waals surface area contributed by atoms with Crippen LogP contribution in [0.15, 0.2) is 60.0 Å². The first-order valence-electron chi connectivity index (χ1n) is 8.71. The van der Waals surface area contributed by atoms with Crippen molar-refractivity contribution in [1.29, 1.82) is 0 Å². The van der Waals surface area contributed by atoms with Gasteiger partial charge in [-0.2, -0.15) is 0 Å². The van der Waals surface area contributed by atoms with Crippen molar-refractivity contribution in [1.82, 2.24) is 10.3 Å². The van der Waals surface area contributed by atoms with Crippen LogP contribution in [0.3, 0.4) is 0 Å². The number of alkyl halides is 3. The van der Waals surface area contributed by atoms with Crippen LogP contribution < -0.4 is 15.4 Å². The van der Waals surface area contributed by atoms with Crippen LogP contribution in [0, 0.1) is 0 Å². The molecule has 0 spiro atoms. The molecule has 0 aliphatic rings. The van der Waals surface area contributed by atoms with Crippen LogP contribution in [0.25, 0.3) is 0 Å². The molecule has 3 aromatic rings. The molecule has 156 valence electrons. The van der Waals surface area contributed by atoms with Crippen molar-refractivity contribution < 1.29 is 27.5 Å². The van der Waals surface area contributed by atoms with Gasteiger partial charge in [0.25, 0.3) is 5.91 Å². The number of anilines is 1. The molecule has 0 unspecified atom stereocenters. The highest BCUT2D eigenvalue weighted by molar-refractivity contribution is 7.14. The minimum atomic E-state index is -4.75. The smallest absolute Gasteiger partial charge is 0.406 e. The van der Waals surface area contributed by atoms with E-state index in [9.17, 15) is 22.8 Å². The fraction of sp³-hybridized carbons (Fsp3) is 0.150. The van der Waals surface area contributed by atoms with E-state index in [1.54, 1.807) is 29.6 Å². The van der Waals surface area contributed by atoms with Crippen LogP contribution in [-0.4, -0.2) is 23.2 Å². The highest BCUT2D eigenvalue weighted by Gasteiger charge is 2.30. The first kappa shape index (κ1) is 21.3. The average molecular weight is 435 g/mol. The first-order valence-corrected chi connectivity index (χ1v) is 9.59. The van der Waals surface area contributed by atoms with Gasteiger partial charge in [-0.15, -0.1) is 24.5 Å². The Morgan fingerprint density at radius 3 is 2.40 bits per heavy atom. The number of halogens is 3. The fourth-order valence-corrected chi connectivity index (χ4v) is 3.15. The Labute approximate surface area is 173 Å². The number of carbonyl (C=O) groups is 2. The molecule has 2 aromatic carbocycles. The van der Waals surface area contributed by atoms with Crippen LogP contribution >= 0.6 is 11.3 Å². The van der Waals surface area contributed by atoms with Crippen molar-refractivity contribution in [2.45, 2.75) is 19.3 Å². The minimum absolute atomic E-state index is 0.00692. The number of nitrogens with one attached hydrogen (secondary N) is 2. The van der Waals surface area contributed by atoms with E-state index >= 15 is 0 Å². The molecule has 0 saturated carbocycles. The molecule has 0 radical (unpaired) electrons. The van der Waals surface area contributed by atoms with E-state index in [1.165, 1.54) is 35.6 Å². The van der Waals surface area contributed by atoms with Crippen LogP contribution in [0.1, 0.15) is 21.6 Å². The van der Waals surface area contributed by atoms with Crippen molar-refractivity contribution >= 4 is 28.3 Å². The van der Waals surface area contributed by atoms with E-state index in [-0.39, 0.29) is 30.5 Å². The van der Waals surface area contributed by atoms with E-state index in [1.807, 2.05) is 6.07 Å². The molecule has 1 aromatic heterocycles. The lowest BCUT2D eigenvalue weighted by atomic mass is 10.2. The molecule has 2 amide bonds. The number of ether oxygens (including phenoxy) is 1. The van der Waals surface area contributed by atoms with Gasteiger partial charge in [0.15, 0.2) is 5.13 Å². The lowest BCUT2D eigenvalue weighted by molar-refractivity contribution is -0.274. The number of nitrogens with zero attached hydrogens (tertiary/aromatic N) is 1. The number of aromatic nitrogens is 1. The maximum atomic E-state index is 12.2. The molecule has 2 N–H and O–H groups in total. The highest BCUT2D eigenvalue weighted by atomic mass is 32.1. The zero-order valence-electron chi connectivity index (χ0n) is 15.4. The van der Waals surface area contributed by atoms with E-state index in [0.717, 1.165) is 0 Å². The third kappa shape index (κ3) is 6.59. The predicted molar refractivity (Wildman–Crippen MR) is 105 cm³/mol. The number of rotatable bonds is 7. The molecule has 1 heterocycles. The summed E-state index contributed by atoms with van der Waals surface area (Å²) in [7, 11) is 0. The molecular weight excluding hydrogens is 419 g/mol. The fourth-order valence-electron chi connectivity index (χ4n) is 2.44. The van der Waals surface area contributed by atoms with Gasteiger partial charge in [0, 0.05) is 17.5 Å². The van der Waals surface area contributed by atoms with Crippen LogP contribution in [0.5, 0.6) is 5.75 Å². The summed E-state index contributed by atoms with van der Waals surface area (Å²) >= 11 is 1.21. The Balaban J connectivity index is 1.47. The maximum absolute atomic E-state index is 12.2. The molecule has 10 heteroatoms. The Hall–Kier alpha value is -3.40. The predicted octanol–water partition coefficient (Wildman–Crippen LogP) is 4.15. The summed E-state index contributed by atoms with van der Waals surface area (Å²) in [4.78, 5) is 28.4. The average Bonchev–Trinajstić information content (AvgIpc) is 3.13. The lowest BCUT2D eigenvalue weighted by Gasteiger charge is -2.09. The van der Waals surface area contributed by atoms with Crippen molar-refractivity contribution in [2.24, 2.45) is 0 Å². The molecule has 0 fully saturated rings. The summed E-state index contributed by atoms with van der Waals surface area (Å²) in [6, 6.07) is 13.9. The van der Waals surface area contributed by atoms with Gasteiger partial charge in [-0.05, 0) is 29.8 Å². The molecule has 0 atom stereocenters. The zero-order valence-corrected chi connectivity index (χ0v) is 16.2. The number of benzene rings is 2. The van der Waals surface area contributed by atoms with Crippen LogP contribution in [-0.2, 0) is 17.8 Å². The largest absolute Gasteiger partial charge is 0.573 e. The van der Waals surface area contributed by atoms with Gasteiger partial charge in [0.05, 0.1) is 12.1 Å². The second-order valence-corrected chi connectivity index (χ2v) is 6.97. The van der Waals surface area contributed by atoms with Gasteiger partial charge >= 0.3 is 6.36 Å². The number of carbonyl (C=O) groups excluding carboxylic acids is 2. The quantitative estimate of drug-likeness (QED) is 0.584. The molecule has 0 saturated heterocycles. The number of hydrogen-bond donors (Lipinski definition) is 2. The lowest BCUT2D eigenvalue weighted by Crippen LogP contribution is -2.24. The second kappa shape index (κ2) is 9.40. The molecule has 6 nitrogen and oxygen atoms in total. The summed E-state index contributed by atoms with van der Waals surface area (Å²) in [5.74, 6) is -0.930. The second-order valence-electron chi connectivity index (χ2n) is 6.11. The van der Waals surface area contributed by atoms with E-state index in [2.05, 4.69) is 20.4 Å². The number of thiazole rings is 1. The number of amides is 2. The van der Waals surface area contributed by atoms with E-state index in [4.69, 9.17) is 0 Å². The Morgan fingerprint density at radius 1 is 1.03 bits per heavy atom. The van der Waals surface area contributed by atoms with Crippen molar-refractivity contribution in [3.8, 4) is 5.75 Å². The van der Waals surface area contributed by atoms with E-state index < -0.39 is 6.36 Å². The summed E-state index contributed by atoms with van der Waals surface area (Å²) < 4.78 is 40.3. The monoisotopic (exact) mass is 435 g/mol.